The van der Waals surface area contributed by atoms with E-state index >= 15 is 0 Å². The number of halogens is 1. The fraction of sp³-hybridized carbons (Fsp3) is 0.625. The van der Waals surface area contributed by atoms with Crippen LogP contribution < -0.4 is 5.32 Å². The summed E-state index contributed by atoms with van der Waals surface area (Å²) in [5, 5.41) is 22.4. The predicted molar refractivity (Wildman–Crippen MR) is 87.7 cm³/mol. The molecule has 0 aromatic heterocycles. The Balaban J connectivity index is 2.62. The molecule has 0 heterocycles. The molecular formula is C16H27ClN2O2. The fourth-order valence-electron chi connectivity index (χ4n) is 2.33. The third kappa shape index (κ3) is 7.25. The number of nitrogens with zero attached hydrogens (tertiary/aromatic N) is 1. The van der Waals surface area contributed by atoms with Crippen LogP contribution in [-0.4, -0.2) is 54.5 Å². The maximum Gasteiger partial charge on any atom is 0.0558 e. The summed E-state index contributed by atoms with van der Waals surface area (Å²) in [4.78, 5) is 2.08. The van der Waals surface area contributed by atoms with E-state index in [1.807, 2.05) is 12.1 Å². The molecule has 0 aliphatic carbocycles. The molecule has 0 radical (unpaired) electrons. The maximum absolute atomic E-state index is 9.06. The number of aliphatic hydroxyl groups is 2. The van der Waals surface area contributed by atoms with Crippen molar-refractivity contribution < 1.29 is 10.2 Å². The SMILES string of the molecule is CCCNC(CCN(CCO)CCO)c1ccc(Cl)cc1. The largest absolute Gasteiger partial charge is 0.395 e. The lowest BCUT2D eigenvalue weighted by Crippen LogP contribution is -2.33. The van der Waals surface area contributed by atoms with Gasteiger partial charge in [0.2, 0.25) is 0 Å². The van der Waals surface area contributed by atoms with Gasteiger partial charge in [-0.15, -0.1) is 0 Å². The van der Waals surface area contributed by atoms with Crippen molar-refractivity contribution in [3.05, 3.63) is 34.9 Å². The summed E-state index contributed by atoms with van der Waals surface area (Å²) in [6.45, 7) is 5.39. The molecule has 1 atom stereocenters. The fourth-order valence-corrected chi connectivity index (χ4v) is 2.46. The average molecular weight is 315 g/mol. The van der Waals surface area contributed by atoms with Crippen LogP contribution in [0.1, 0.15) is 31.4 Å². The van der Waals surface area contributed by atoms with E-state index in [9.17, 15) is 0 Å². The first-order valence-electron chi connectivity index (χ1n) is 7.64. The van der Waals surface area contributed by atoms with Crippen molar-refractivity contribution in [3.63, 3.8) is 0 Å². The zero-order valence-corrected chi connectivity index (χ0v) is 13.5. The van der Waals surface area contributed by atoms with E-state index in [0.29, 0.717) is 13.1 Å². The molecule has 5 heteroatoms. The van der Waals surface area contributed by atoms with Gasteiger partial charge < -0.3 is 15.5 Å². The predicted octanol–water partition coefficient (Wildman–Crippen LogP) is 2.06. The smallest absolute Gasteiger partial charge is 0.0558 e. The zero-order chi connectivity index (χ0) is 15.5. The summed E-state index contributed by atoms with van der Waals surface area (Å²) >= 11 is 5.95. The molecule has 0 aliphatic rings. The van der Waals surface area contributed by atoms with Gasteiger partial charge in [0.05, 0.1) is 13.2 Å². The van der Waals surface area contributed by atoms with E-state index in [1.165, 1.54) is 5.56 Å². The minimum atomic E-state index is 0.119. The molecule has 1 rings (SSSR count). The minimum Gasteiger partial charge on any atom is -0.395 e. The van der Waals surface area contributed by atoms with Crippen LogP contribution in [0.15, 0.2) is 24.3 Å². The van der Waals surface area contributed by atoms with Gasteiger partial charge in [0.25, 0.3) is 0 Å². The number of aliphatic hydroxyl groups excluding tert-OH is 2. The first kappa shape index (κ1) is 18.4. The van der Waals surface area contributed by atoms with E-state index in [4.69, 9.17) is 21.8 Å². The van der Waals surface area contributed by atoms with Crippen molar-refractivity contribution in [3.8, 4) is 0 Å². The quantitative estimate of drug-likeness (QED) is 0.585. The average Bonchev–Trinajstić information content (AvgIpc) is 2.49. The van der Waals surface area contributed by atoms with Gasteiger partial charge in [0, 0.05) is 30.7 Å². The van der Waals surface area contributed by atoms with Gasteiger partial charge in [0.1, 0.15) is 0 Å². The highest BCUT2D eigenvalue weighted by atomic mass is 35.5. The molecular weight excluding hydrogens is 288 g/mol. The normalized spacial score (nSPS) is 12.8. The second kappa shape index (κ2) is 11.0. The lowest BCUT2D eigenvalue weighted by atomic mass is 10.0. The molecule has 0 saturated heterocycles. The Kier molecular flexibility index (Phi) is 9.63. The van der Waals surface area contributed by atoms with E-state index in [2.05, 4.69) is 29.3 Å². The molecule has 1 unspecified atom stereocenters. The van der Waals surface area contributed by atoms with E-state index in [1.54, 1.807) is 0 Å². The van der Waals surface area contributed by atoms with Crippen LogP contribution in [0.5, 0.6) is 0 Å². The topological polar surface area (TPSA) is 55.7 Å². The first-order chi connectivity index (χ1) is 10.2. The molecule has 0 bridgehead atoms. The molecule has 1 aromatic carbocycles. The number of rotatable bonds is 11. The Hall–Kier alpha value is -0.650. The highest BCUT2D eigenvalue weighted by molar-refractivity contribution is 6.30. The van der Waals surface area contributed by atoms with Gasteiger partial charge >= 0.3 is 0 Å². The maximum atomic E-state index is 9.06. The number of benzene rings is 1. The van der Waals surface area contributed by atoms with Gasteiger partial charge in [0.15, 0.2) is 0 Å². The molecule has 0 saturated carbocycles. The first-order valence-corrected chi connectivity index (χ1v) is 8.02. The van der Waals surface area contributed by atoms with E-state index in [0.717, 1.165) is 31.0 Å². The van der Waals surface area contributed by atoms with Crippen molar-refractivity contribution in [2.24, 2.45) is 0 Å². The second-order valence-corrected chi connectivity index (χ2v) is 5.57. The molecule has 3 N–H and O–H groups in total. The molecule has 120 valence electrons. The Bertz CT molecular complexity index is 367. The summed E-state index contributed by atoms with van der Waals surface area (Å²) < 4.78 is 0. The molecule has 0 spiro atoms. The monoisotopic (exact) mass is 314 g/mol. The molecule has 0 fully saturated rings. The molecule has 21 heavy (non-hydrogen) atoms. The highest BCUT2D eigenvalue weighted by Crippen LogP contribution is 2.20. The van der Waals surface area contributed by atoms with Crippen LogP contribution >= 0.6 is 11.6 Å². The van der Waals surface area contributed by atoms with Gasteiger partial charge in [-0.1, -0.05) is 30.7 Å². The Morgan fingerprint density at radius 3 is 2.24 bits per heavy atom. The molecule has 1 aromatic rings. The highest BCUT2D eigenvalue weighted by Gasteiger charge is 2.13. The van der Waals surface area contributed by atoms with Crippen LogP contribution in [-0.2, 0) is 0 Å². The molecule has 0 amide bonds. The van der Waals surface area contributed by atoms with Crippen molar-refractivity contribution >= 4 is 11.6 Å². The Morgan fingerprint density at radius 2 is 1.71 bits per heavy atom. The summed E-state index contributed by atoms with van der Waals surface area (Å²) in [6.07, 6.45) is 2.02. The van der Waals surface area contributed by atoms with Crippen LogP contribution in [0.2, 0.25) is 5.02 Å². The van der Waals surface area contributed by atoms with Crippen molar-refractivity contribution in [1.82, 2.24) is 10.2 Å². The zero-order valence-electron chi connectivity index (χ0n) is 12.8. The van der Waals surface area contributed by atoms with Crippen LogP contribution in [0, 0.1) is 0 Å². The number of hydrogen-bond donors (Lipinski definition) is 3. The number of nitrogens with one attached hydrogen (secondary N) is 1. The number of hydrogen-bond acceptors (Lipinski definition) is 4. The molecule has 4 nitrogen and oxygen atoms in total. The van der Waals surface area contributed by atoms with Crippen LogP contribution in [0.3, 0.4) is 0 Å². The van der Waals surface area contributed by atoms with Crippen molar-refractivity contribution in [2.75, 3.05) is 39.4 Å². The Labute approximate surface area is 132 Å². The standard InChI is InChI=1S/C16H27ClN2O2/c1-2-8-18-16(14-3-5-15(17)6-4-14)7-9-19(10-12-20)11-13-21/h3-6,16,18,20-21H,2,7-13H2,1H3. The lowest BCUT2D eigenvalue weighted by molar-refractivity contribution is 0.156. The lowest BCUT2D eigenvalue weighted by Gasteiger charge is -2.25. The second-order valence-electron chi connectivity index (χ2n) is 5.14. The van der Waals surface area contributed by atoms with Crippen LogP contribution in [0.4, 0.5) is 0 Å². The van der Waals surface area contributed by atoms with Gasteiger partial charge in [-0.3, -0.25) is 4.90 Å². The van der Waals surface area contributed by atoms with Crippen molar-refractivity contribution in [1.29, 1.82) is 0 Å². The third-order valence-corrected chi connectivity index (χ3v) is 3.73. The third-order valence-electron chi connectivity index (χ3n) is 3.48. The summed E-state index contributed by atoms with van der Waals surface area (Å²) in [6, 6.07) is 8.20. The minimum absolute atomic E-state index is 0.119. The van der Waals surface area contributed by atoms with Gasteiger partial charge in [-0.25, -0.2) is 0 Å². The summed E-state index contributed by atoms with van der Waals surface area (Å²) in [7, 11) is 0. The Morgan fingerprint density at radius 1 is 1.10 bits per heavy atom. The molecule has 0 aliphatic heterocycles. The van der Waals surface area contributed by atoms with Gasteiger partial charge in [-0.05, 0) is 37.1 Å². The van der Waals surface area contributed by atoms with Crippen LogP contribution in [0.25, 0.3) is 0 Å². The van der Waals surface area contributed by atoms with Crippen molar-refractivity contribution in [2.45, 2.75) is 25.8 Å². The van der Waals surface area contributed by atoms with E-state index in [-0.39, 0.29) is 19.3 Å². The summed E-state index contributed by atoms with van der Waals surface area (Å²) in [5.74, 6) is 0. The van der Waals surface area contributed by atoms with E-state index < -0.39 is 0 Å². The summed E-state index contributed by atoms with van der Waals surface area (Å²) in [5.41, 5.74) is 1.22. The van der Waals surface area contributed by atoms with Gasteiger partial charge in [-0.2, -0.15) is 0 Å².